The molecule has 0 aromatic carbocycles. The minimum absolute atomic E-state index is 0.0108. The van der Waals surface area contributed by atoms with Crippen molar-refractivity contribution in [1.82, 2.24) is 4.57 Å². The Morgan fingerprint density at radius 2 is 1.88 bits per heavy atom. The van der Waals surface area contributed by atoms with Gasteiger partial charge in [-0.05, 0) is 31.9 Å². The fraction of sp³-hybridized carbons (Fsp3) is 0.579. The van der Waals surface area contributed by atoms with Gasteiger partial charge in [-0.2, -0.15) is 0 Å². The molecule has 132 valence electrons. The van der Waals surface area contributed by atoms with Crippen LogP contribution in [0.15, 0.2) is 23.5 Å². The number of aldehydes is 1. The van der Waals surface area contributed by atoms with Crippen LogP contribution in [0.1, 0.15) is 69.6 Å². The number of esters is 1. The summed E-state index contributed by atoms with van der Waals surface area (Å²) < 4.78 is 6.71. The lowest BCUT2D eigenvalue weighted by molar-refractivity contribution is -0.136. The molecule has 1 N–H and O–H groups in total. The van der Waals surface area contributed by atoms with Crippen LogP contribution in [0, 0.1) is 0 Å². The first-order valence-electron chi connectivity index (χ1n) is 8.35. The highest BCUT2D eigenvalue weighted by atomic mass is 16.5. The summed E-state index contributed by atoms with van der Waals surface area (Å²) in [5.74, 6) is -0.535. The molecule has 1 aliphatic carbocycles. The van der Waals surface area contributed by atoms with Gasteiger partial charge in [-0.25, -0.2) is 4.79 Å². The standard InChI is InChI=1S/C19H27NO4/c1-13(17(23)24-5)16(22)19(10-6-7-11-19)20-14(12-21)8-9-15(20)18(2,3)4/h8-9,12,22H,6-7,10-11H2,1-5H3/b16-13-. The average Bonchev–Trinajstić information content (AvgIpc) is 3.18. The molecule has 0 amide bonds. The number of hydrogen-bond acceptors (Lipinski definition) is 4. The van der Waals surface area contributed by atoms with E-state index in [1.807, 2.05) is 10.6 Å². The van der Waals surface area contributed by atoms with Crippen molar-refractivity contribution in [2.75, 3.05) is 7.11 Å². The van der Waals surface area contributed by atoms with Gasteiger partial charge < -0.3 is 14.4 Å². The van der Waals surface area contributed by atoms with Crippen LogP contribution in [0.25, 0.3) is 0 Å². The summed E-state index contributed by atoms with van der Waals surface area (Å²) >= 11 is 0. The van der Waals surface area contributed by atoms with E-state index in [9.17, 15) is 14.7 Å². The van der Waals surface area contributed by atoms with Gasteiger partial charge in [-0.1, -0.05) is 33.6 Å². The first-order valence-corrected chi connectivity index (χ1v) is 8.35. The first kappa shape index (κ1) is 18.3. The second-order valence-electron chi connectivity index (χ2n) is 7.55. The van der Waals surface area contributed by atoms with Crippen molar-refractivity contribution in [3.8, 4) is 0 Å². The van der Waals surface area contributed by atoms with Crippen LogP contribution < -0.4 is 0 Å². The smallest absolute Gasteiger partial charge is 0.336 e. The largest absolute Gasteiger partial charge is 0.509 e. The molecule has 1 aromatic rings. The van der Waals surface area contributed by atoms with Gasteiger partial charge in [-0.3, -0.25) is 4.79 Å². The summed E-state index contributed by atoms with van der Waals surface area (Å²) in [7, 11) is 1.30. The molecule has 5 nitrogen and oxygen atoms in total. The first-order chi connectivity index (χ1) is 11.2. The number of allylic oxidation sites excluding steroid dienone is 1. The Bertz CT molecular complexity index is 670. The number of rotatable bonds is 4. The summed E-state index contributed by atoms with van der Waals surface area (Å²) in [5, 5.41) is 11.0. The molecule has 0 atom stereocenters. The molecule has 0 spiro atoms. The topological polar surface area (TPSA) is 68.5 Å². The van der Waals surface area contributed by atoms with E-state index in [0.29, 0.717) is 18.5 Å². The monoisotopic (exact) mass is 333 g/mol. The number of aliphatic hydroxyl groups excluding tert-OH is 1. The second-order valence-corrected chi connectivity index (χ2v) is 7.55. The molecule has 24 heavy (non-hydrogen) atoms. The molecule has 0 radical (unpaired) electrons. The molecule has 1 aliphatic rings. The zero-order valence-corrected chi connectivity index (χ0v) is 15.2. The van der Waals surface area contributed by atoms with Crippen molar-refractivity contribution >= 4 is 12.3 Å². The lowest BCUT2D eigenvalue weighted by atomic mass is 9.86. The Morgan fingerprint density at radius 1 is 1.29 bits per heavy atom. The summed E-state index contributed by atoms with van der Waals surface area (Å²) in [4.78, 5) is 23.6. The molecule has 1 heterocycles. The Kier molecular flexibility index (Phi) is 4.92. The molecule has 0 aliphatic heterocycles. The van der Waals surface area contributed by atoms with Crippen LogP contribution >= 0.6 is 0 Å². The van der Waals surface area contributed by atoms with Gasteiger partial charge in [0.1, 0.15) is 11.3 Å². The predicted octanol–water partition coefficient (Wildman–Crippen LogP) is 3.87. The molecule has 1 fully saturated rings. The van der Waals surface area contributed by atoms with Gasteiger partial charge in [0.25, 0.3) is 0 Å². The zero-order chi connectivity index (χ0) is 18.1. The number of methoxy groups -OCH3 is 1. The third-order valence-corrected chi connectivity index (χ3v) is 4.95. The number of aliphatic hydroxyl groups is 1. The quantitative estimate of drug-likeness (QED) is 0.393. The summed E-state index contributed by atoms with van der Waals surface area (Å²) in [5.41, 5.74) is 0.725. The second kappa shape index (κ2) is 6.46. The highest BCUT2D eigenvalue weighted by Gasteiger charge is 2.44. The number of hydrogen-bond donors (Lipinski definition) is 1. The van der Waals surface area contributed by atoms with Crippen molar-refractivity contribution in [2.24, 2.45) is 0 Å². The number of carbonyl (C=O) groups excluding carboxylic acids is 2. The normalized spacial score (nSPS) is 18.2. The van der Waals surface area contributed by atoms with Gasteiger partial charge >= 0.3 is 5.97 Å². The number of nitrogens with zero attached hydrogens (tertiary/aromatic N) is 1. The van der Waals surface area contributed by atoms with E-state index in [1.54, 1.807) is 13.0 Å². The van der Waals surface area contributed by atoms with E-state index in [0.717, 1.165) is 24.8 Å². The van der Waals surface area contributed by atoms with Gasteiger partial charge in [0.05, 0.1) is 18.4 Å². The summed E-state index contributed by atoms with van der Waals surface area (Å²) in [6, 6.07) is 3.72. The molecule has 0 bridgehead atoms. The van der Waals surface area contributed by atoms with Crippen molar-refractivity contribution in [3.05, 3.63) is 34.9 Å². The SMILES string of the molecule is COC(=O)/C(C)=C(\O)C1(n2c(C=O)ccc2C(C)(C)C)CCCC1. The molecular formula is C19H27NO4. The Morgan fingerprint density at radius 3 is 2.33 bits per heavy atom. The van der Waals surface area contributed by atoms with E-state index >= 15 is 0 Å². The van der Waals surface area contributed by atoms with Crippen LogP contribution in [0.4, 0.5) is 0 Å². The average molecular weight is 333 g/mol. The van der Waals surface area contributed by atoms with Crippen molar-refractivity contribution < 1.29 is 19.4 Å². The zero-order valence-electron chi connectivity index (χ0n) is 15.2. The van der Waals surface area contributed by atoms with Crippen LogP contribution in [0.2, 0.25) is 0 Å². The van der Waals surface area contributed by atoms with Gasteiger partial charge in [0, 0.05) is 11.1 Å². The number of carbonyl (C=O) groups is 2. The summed E-state index contributed by atoms with van der Waals surface area (Å²) in [6.45, 7) is 7.79. The third kappa shape index (κ3) is 2.87. The van der Waals surface area contributed by atoms with E-state index in [1.165, 1.54) is 7.11 Å². The van der Waals surface area contributed by atoms with Crippen molar-refractivity contribution in [2.45, 2.75) is 64.3 Å². The van der Waals surface area contributed by atoms with Crippen LogP contribution in [0.3, 0.4) is 0 Å². The Hall–Kier alpha value is -2.04. The minimum Gasteiger partial charge on any atom is -0.509 e. The third-order valence-electron chi connectivity index (χ3n) is 4.95. The fourth-order valence-electron chi connectivity index (χ4n) is 3.73. The van der Waals surface area contributed by atoms with E-state index < -0.39 is 11.5 Å². The minimum atomic E-state index is -0.763. The maximum atomic E-state index is 11.9. The van der Waals surface area contributed by atoms with Crippen LogP contribution in [-0.2, 0) is 20.5 Å². The maximum absolute atomic E-state index is 11.9. The highest BCUT2D eigenvalue weighted by molar-refractivity contribution is 5.88. The van der Waals surface area contributed by atoms with Crippen LogP contribution in [-0.4, -0.2) is 29.0 Å². The molecular weight excluding hydrogens is 306 g/mol. The Balaban J connectivity index is 2.76. The molecule has 0 unspecified atom stereocenters. The van der Waals surface area contributed by atoms with Crippen molar-refractivity contribution in [1.29, 1.82) is 0 Å². The predicted molar refractivity (Wildman–Crippen MR) is 92.3 cm³/mol. The molecule has 0 saturated heterocycles. The molecule has 1 aromatic heterocycles. The van der Waals surface area contributed by atoms with E-state index in [4.69, 9.17) is 4.74 Å². The van der Waals surface area contributed by atoms with E-state index in [2.05, 4.69) is 20.8 Å². The molecule has 1 saturated carbocycles. The number of ether oxygens (including phenoxy) is 1. The molecule has 5 heteroatoms. The maximum Gasteiger partial charge on any atom is 0.336 e. The number of aromatic nitrogens is 1. The Labute approximate surface area is 143 Å². The lowest BCUT2D eigenvalue weighted by Gasteiger charge is -2.37. The molecule has 2 rings (SSSR count). The van der Waals surface area contributed by atoms with Crippen molar-refractivity contribution in [3.63, 3.8) is 0 Å². The summed E-state index contributed by atoms with van der Waals surface area (Å²) in [6.07, 6.45) is 4.05. The van der Waals surface area contributed by atoms with E-state index in [-0.39, 0.29) is 16.7 Å². The van der Waals surface area contributed by atoms with Gasteiger partial charge in [-0.15, -0.1) is 0 Å². The van der Waals surface area contributed by atoms with Crippen LogP contribution in [0.5, 0.6) is 0 Å². The lowest BCUT2D eigenvalue weighted by Crippen LogP contribution is -2.39. The van der Waals surface area contributed by atoms with Gasteiger partial charge in [0.15, 0.2) is 6.29 Å². The van der Waals surface area contributed by atoms with Gasteiger partial charge in [0.2, 0.25) is 0 Å². The highest BCUT2D eigenvalue weighted by Crippen LogP contribution is 2.46. The fourth-order valence-corrected chi connectivity index (χ4v) is 3.73.